The number of hydrogen-bond donors (Lipinski definition) is 1. The molecule has 1 aliphatic heterocycles. The molecule has 1 aromatic rings. The Morgan fingerprint density at radius 3 is 2.59 bits per heavy atom. The molecule has 1 saturated carbocycles. The number of ketones is 1. The van der Waals surface area contributed by atoms with Crippen molar-refractivity contribution in [1.82, 2.24) is 5.32 Å². The van der Waals surface area contributed by atoms with E-state index in [9.17, 15) is 9.59 Å². The van der Waals surface area contributed by atoms with Crippen molar-refractivity contribution in [2.45, 2.75) is 77.2 Å². The highest BCUT2D eigenvalue weighted by molar-refractivity contribution is 7.12. The Morgan fingerprint density at radius 1 is 1.11 bits per heavy atom. The maximum Gasteiger partial charge on any atom is 0.337 e. The molecule has 0 spiro atoms. The van der Waals surface area contributed by atoms with Gasteiger partial charge in [-0.25, -0.2) is 4.79 Å². The van der Waals surface area contributed by atoms with Crippen molar-refractivity contribution >= 4 is 23.1 Å². The van der Waals surface area contributed by atoms with Gasteiger partial charge < -0.3 is 10.1 Å². The van der Waals surface area contributed by atoms with E-state index in [1.54, 1.807) is 11.3 Å². The molecule has 0 bridgehead atoms. The first kappa shape index (κ1) is 18.5. The molecule has 1 aromatic heterocycles. The van der Waals surface area contributed by atoms with Gasteiger partial charge in [0, 0.05) is 33.1 Å². The van der Waals surface area contributed by atoms with Crippen molar-refractivity contribution in [3.63, 3.8) is 0 Å². The third-order valence-corrected chi connectivity index (χ3v) is 6.93. The summed E-state index contributed by atoms with van der Waals surface area (Å²) in [7, 11) is 0. The summed E-state index contributed by atoms with van der Waals surface area (Å²) < 4.78 is 5.91. The summed E-state index contributed by atoms with van der Waals surface area (Å²) in [6.07, 6.45) is 7.66. The van der Waals surface area contributed by atoms with Crippen molar-refractivity contribution in [3.8, 4) is 0 Å². The zero-order valence-electron chi connectivity index (χ0n) is 16.1. The van der Waals surface area contributed by atoms with Crippen LogP contribution in [0.4, 0.5) is 0 Å². The van der Waals surface area contributed by atoms with Crippen LogP contribution in [0, 0.1) is 6.92 Å². The van der Waals surface area contributed by atoms with Crippen LogP contribution in [0.15, 0.2) is 34.7 Å². The maximum absolute atomic E-state index is 13.2. The van der Waals surface area contributed by atoms with Gasteiger partial charge in [-0.1, -0.05) is 6.42 Å². The van der Waals surface area contributed by atoms with Crippen LogP contribution in [0.1, 0.15) is 74.0 Å². The smallest absolute Gasteiger partial charge is 0.337 e. The first-order valence-corrected chi connectivity index (χ1v) is 10.9. The van der Waals surface area contributed by atoms with Crippen LogP contribution in [0.3, 0.4) is 0 Å². The number of thiophene rings is 1. The molecule has 4 rings (SSSR count). The highest BCUT2D eigenvalue weighted by Gasteiger charge is 2.40. The normalized spacial score (nSPS) is 23.9. The van der Waals surface area contributed by atoms with Gasteiger partial charge >= 0.3 is 5.97 Å². The monoisotopic (exact) mass is 385 g/mol. The molecular weight excluding hydrogens is 358 g/mol. The Balaban J connectivity index is 1.71. The van der Waals surface area contributed by atoms with Crippen LogP contribution in [0.2, 0.25) is 0 Å². The van der Waals surface area contributed by atoms with Gasteiger partial charge in [-0.2, -0.15) is 0 Å². The van der Waals surface area contributed by atoms with Crippen LogP contribution in [0.5, 0.6) is 0 Å². The van der Waals surface area contributed by atoms with Crippen LogP contribution in [-0.4, -0.2) is 17.9 Å². The number of dihydropyridines is 1. The maximum atomic E-state index is 13.2. The van der Waals surface area contributed by atoms with E-state index in [2.05, 4.69) is 24.4 Å². The molecule has 0 aromatic carbocycles. The van der Waals surface area contributed by atoms with E-state index in [0.717, 1.165) is 60.4 Å². The Bertz CT molecular complexity index is 826. The first-order chi connectivity index (χ1) is 13.0. The number of esters is 1. The van der Waals surface area contributed by atoms with Gasteiger partial charge in [-0.15, -0.1) is 11.3 Å². The van der Waals surface area contributed by atoms with E-state index in [0.29, 0.717) is 12.0 Å². The summed E-state index contributed by atoms with van der Waals surface area (Å²) in [6.45, 7) is 4.00. The third-order valence-electron chi connectivity index (χ3n) is 5.87. The Labute approximate surface area is 164 Å². The van der Waals surface area contributed by atoms with Crippen molar-refractivity contribution in [1.29, 1.82) is 0 Å². The highest BCUT2D eigenvalue weighted by Crippen LogP contribution is 2.44. The summed E-state index contributed by atoms with van der Waals surface area (Å²) in [6, 6.07) is 4.12. The standard InChI is InChI=1S/C22H27NO3S/c1-13-11-12-18(27-13)21-19(22(25)26-15-7-4-3-5-8-15)14(2)23-16-9-6-10-17(24)20(16)21/h11-12,15,21,23H,3-10H2,1-2H3/t21-/m1/s1. The SMILES string of the molecule is CC1=C(C(=O)OC2CCCCC2)[C@@H](c2ccc(C)s2)C2=C(CCCC2=O)N1. The molecule has 4 nitrogen and oxygen atoms in total. The molecule has 5 heteroatoms. The summed E-state index contributed by atoms with van der Waals surface area (Å²) in [5.41, 5.74) is 3.23. The predicted molar refractivity (Wildman–Crippen MR) is 106 cm³/mol. The Morgan fingerprint density at radius 2 is 1.89 bits per heavy atom. The second kappa shape index (κ2) is 7.63. The van der Waals surface area contributed by atoms with Crippen LogP contribution >= 0.6 is 11.3 Å². The van der Waals surface area contributed by atoms with E-state index >= 15 is 0 Å². The number of hydrogen-bond acceptors (Lipinski definition) is 5. The molecule has 2 heterocycles. The van der Waals surface area contributed by atoms with Crippen molar-refractivity contribution < 1.29 is 14.3 Å². The largest absolute Gasteiger partial charge is 0.459 e. The van der Waals surface area contributed by atoms with Crippen LogP contribution in [0.25, 0.3) is 0 Å². The topological polar surface area (TPSA) is 55.4 Å². The van der Waals surface area contributed by atoms with Gasteiger partial charge in [0.25, 0.3) is 0 Å². The third kappa shape index (κ3) is 3.62. The summed E-state index contributed by atoms with van der Waals surface area (Å²) in [5.74, 6) is -0.382. The number of allylic oxidation sites excluding steroid dienone is 3. The van der Waals surface area contributed by atoms with Gasteiger partial charge in [0.2, 0.25) is 0 Å². The van der Waals surface area contributed by atoms with Gasteiger partial charge in [0.15, 0.2) is 5.78 Å². The van der Waals surface area contributed by atoms with Gasteiger partial charge in [-0.3, -0.25) is 4.79 Å². The zero-order chi connectivity index (χ0) is 19.0. The van der Waals surface area contributed by atoms with E-state index < -0.39 is 0 Å². The van der Waals surface area contributed by atoms with Crippen molar-refractivity contribution in [2.24, 2.45) is 0 Å². The van der Waals surface area contributed by atoms with Crippen LogP contribution < -0.4 is 5.32 Å². The quantitative estimate of drug-likeness (QED) is 0.752. The first-order valence-electron chi connectivity index (χ1n) is 10.1. The molecule has 0 radical (unpaired) electrons. The lowest BCUT2D eigenvalue weighted by Gasteiger charge is -2.34. The lowest BCUT2D eigenvalue weighted by atomic mass is 9.78. The molecule has 1 N–H and O–H groups in total. The minimum absolute atomic E-state index is 0.00899. The second-order valence-electron chi connectivity index (χ2n) is 7.88. The minimum Gasteiger partial charge on any atom is -0.459 e. The number of carbonyl (C=O) groups excluding carboxylic acids is 2. The Kier molecular flexibility index (Phi) is 5.22. The van der Waals surface area contributed by atoms with Crippen molar-refractivity contribution in [3.05, 3.63) is 44.4 Å². The molecule has 27 heavy (non-hydrogen) atoms. The lowest BCUT2D eigenvalue weighted by Crippen LogP contribution is -2.35. The van der Waals surface area contributed by atoms with Crippen LogP contribution in [-0.2, 0) is 14.3 Å². The number of carbonyl (C=O) groups is 2. The molecule has 2 aliphatic carbocycles. The average molecular weight is 386 g/mol. The average Bonchev–Trinajstić information content (AvgIpc) is 3.07. The number of ether oxygens (including phenoxy) is 1. The minimum atomic E-state index is -0.288. The highest BCUT2D eigenvalue weighted by atomic mass is 32.1. The molecule has 3 aliphatic rings. The van der Waals surface area contributed by atoms with E-state index in [4.69, 9.17) is 4.74 Å². The zero-order valence-corrected chi connectivity index (χ0v) is 16.9. The Hall–Kier alpha value is -1.88. The molecule has 0 unspecified atom stereocenters. The molecule has 0 saturated heterocycles. The van der Waals surface area contributed by atoms with Gasteiger partial charge in [-0.05, 0) is 64.5 Å². The molecular formula is C22H27NO3S. The number of aryl methyl sites for hydroxylation is 1. The summed E-state index contributed by atoms with van der Waals surface area (Å²) in [5, 5.41) is 3.37. The van der Waals surface area contributed by atoms with E-state index in [1.807, 2.05) is 6.92 Å². The fourth-order valence-corrected chi connectivity index (χ4v) is 5.54. The molecule has 0 amide bonds. The summed E-state index contributed by atoms with van der Waals surface area (Å²) in [4.78, 5) is 28.3. The fourth-order valence-electron chi connectivity index (χ4n) is 4.54. The molecule has 144 valence electrons. The van der Waals surface area contributed by atoms with Crippen molar-refractivity contribution in [2.75, 3.05) is 0 Å². The molecule has 1 atom stereocenters. The van der Waals surface area contributed by atoms with E-state index in [-0.39, 0.29) is 23.8 Å². The number of rotatable bonds is 3. The van der Waals surface area contributed by atoms with Gasteiger partial charge in [0.05, 0.1) is 11.5 Å². The lowest BCUT2D eigenvalue weighted by molar-refractivity contribution is -0.146. The van der Waals surface area contributed by atoms with E-state index in [1.165, 1.54) is 11.3 Å². The molecule has 1 fully saturated rings. The number of Topliss-reactive ketones (excluding diaryl/α,β-unsaturated/α-hetero) is 1. The second-order valence-corrected chi connectivity index (χ2v) is 9.20. The number of nitrogens with one attached hydrogen (secondary N) is 1. The fraction of sp³-hybridized carbons (Fsp3) is 0.545. The van der Waals surface area contributed by atoms with Gasteiger partial charge in [0.1, 0.15) is 6.10 Å². The predicted octanol–water partition coefficient (Wildman–Crippen LogP) is 4.90. The summed E-state index contributed by atoms with van der Waals surface area (Å²) >= 11 is 1.67.